The Morgan fingerprint density at radius 1 is 0.894 bits per heavy atom. The summed E-state index contributed by atoms with van der Waals surface area (Å²) in [5.41, 5.74) is 1.62. The van der Waals surface area contributed by atoms with E-state index in [4.69, 9.17) is 25.1 Å². The van der Waals surface area contributed by atoms with E-state index in [1.807, 2.05) is 30.3 Å². The van der Waals surface area contributed by atoms with Crippen LogP contribution >= 0.6 is 0 Å². The maximum Gasteiger partial charge on any atom is 0.337 e. The quantitative estimate of drug-likeness (QED) is 0.119. The number of hydroxylamine groups is 2. The van der Waals surface area contributed by atoms with Gasteiger partial charge < -0.3 is 9.47 Å². The first-order valence-electron chi connectivity index (χ1n) is 17.3. The fraction of sp³-hybridized carbons (Fsp3) is 0.568. The van der Waals surface area contributed by atoms with Crippen molar-refractivity contribution < 1.29 is 28.7 Å². The highest BCUT2D eigenvalue weighted by molar-refractivity contribution is 6.15. The monoisotopic (exact) mass is 642 g/mol. The number of carbonyl (C=O) groups excluding carboxylic acids is 3. The normalized spacial score (nSPS) is 30.3. The number of hydrazine groups is 1. The van der Waals surface area contributed by atoms with Crippen molar-refractivity contribution in [3.8, 4) is 0 Å². The molecular weight excluding hydrogens is 596 g/mol. The van der Waals surface area contributed by atoms with E-state index < -0.39 is 30.0 Å². The summed E-state index contributed by atoms with van der Waals surface area (Å²) in [6, 6.07) is 14.8. The number of imide groups is 1. The lowest BCUT2D eigenvalue weighted by molar-refractivity contribution is -0.214. The molecule has 8 rings (SSSR count). The van der Waals surface area contributed by atoms with Gasteiger partial charge in [-0.25, -0.2) is 15.6 Å². The van der Waals surface area contributed by atoms with E-state index in [1.54, 1.807) is 17.2 Å². The molecule has 10 nitrogen and oxygen atoms in total. The third kappa shape index (κ3) is 6.66. The number of benzene rings is 2. The van der Waals surface area contributed by atoms with E-state index >= 15 is 0 Å². The molecule has 2 N–H and O–H groups in total. The average molecular weight is 643 g/mol. The van der Waals surface area contributed by atoms with Crippen molar-refractivity contribution in [1.82, 2.24) is 10.1 Å². The number of carbonyl (C=O) groups is 3. The lowest BCUT2D eigenvalue weighted by atomic mass is 9.54. The number of esters is 1. The Hall–Kier alpha value is -3.44. The van der Waals surface area contributed by atoms with Crippen molar-refractivity contribution in [3.63, 3.8) is 0 Å². The van der Waals surface area contributed by atoms with Gasteiger partial charge in [-0.15, -0.1) is 5.06 Å². The van der Waals surface area contributed by atoms with Crippen LogP contribution in [0.1, 0.15) is 96.9 Å². The highest BCUT2D eigenvalue weighted by atomic mass is 16.7. The van der Waals surface area contributed by atoms with E-state index in [1.165, 1.54) is 44.9 Å². The van der Waals surface area contributed by atoms with Crippen LogP contribution in [0.25, 0.3) is 0 Å². The first-order chi connectivity index (χ1) is 22.8. The Bertz CT molecular complexity index is 1470. The minimum absolute atomic E-state index is 0.102. The molecule has 1 aliphatic heterocycles. The van der Waals surface area contributed by atoms with Crippen LogP contribution in [-0.2, 0) is 25.7 Å². The summed E-state index contributed by atoms with van der Waals surface area (Å²) in [4.78, 5) is 52.0. The SMILES string of the molecule is COC(=O)c1cccc(C(=O)N(N)C(=O)C2C(COC34CC5CC(CC(C5)C3)C4)=NC(C3CCCCC3)N2OCc2ccccc2)c1. The van der Waals surface area contributed by atoms with Crippen molar-refractivity contribution in [1.29, 1.82) is 0 Å². The lowest BCUT2D eigenvalue weighted by Gasteiger charge is -2.56. The van der Waals surface area contributed by atoms with E-state index in [9.17, 15) is 14.4 Å². The number of hydrogen-bond donors (Lipinski definition) is 1. The zero-order valence-corrected chi connectivity index (χ0v) is 27.2. The van der Waals surface area contributed by atoms with Crippen LogP contribution in [0.5, 0.6) is 0 Å². The molecule has 1 heterocycles. The molecule has 2 amide bonds. The number of rotatable bonds is 10. The fourth-order valence-corrected chi connectivity index (χ4v) is 9.29. The minimum atomic E-state index is -1.03. The standard InChI is InChI=1S/C37H46N4O6/c1-45-36(44)30-14-8-13-29(18-30)34(42)40(38)35(43)32-31(23-46-37-19-25-15-26(20-37)17-27(16-25)21-37)39-33(28-11-6-3-7-12-28)41(32)47-22-24-9-4-2-5-10-24/h2,4-5,8-10,13-14,18,25-28,32-33H,3,6-7,11-12,15-17,19-23,38H2,1H3. The summed E-state index contributed by atoms with van der Waals surface area (Å²) >= 11 is 0. The van der Waals surface area contributed by atoms with E-state index in [0.717, 1.165) is 50.5 Å². The zero-order valence-electron chi connectivity index (χ0n) is 27.2. The predicted molar refractivity (Wildman–Crippen MR) is 175 cm³/mol. The van der Waals surface area contributed by atoms with Crippen LogP contribution in [0, 0.1) is 23.7 Å². The van der Waals surface area contributed by atoms with Crippen LogP contribution in [0.2, 0.25) is 0 Å². The summed E-state index contributed by atoms with van der Waals surface area (Å²) in [5.74, 6) is 6.74. The molecule has 2 unspecified atom stereocenters. The summed E-state index contributed by atoms with van der Waals surface area (Å²) in [6.07, 6.45) is 12.0. The zero-order chi connectivity index (χ0) is 32.5. The Morgan fingerprint density at radius 3 is 2.21 bits per heavy atom. The van der Waals surface area contributed by atoms with Crippen LogP contribution in [0.3, 0.4) is 0 Å². The van der Waals surface area contributed by atoms with Gasteiger partial charge in [0, 0.05) is 5.56 Å². The van der Waals surface area contributed by atoms with Crippen LogP contribution in [0.4, 0.5) is 0 Å². The van der Waals surface area contributed by atoms with Gasteiger partial charge in [0.2, 0.25) is 0 Å². The number of ether oxygens (including phenoxy) is 2. The number of aliphatic imine (C=N–C) groups is 1. The second-order valence-corrected chi connectivity index (χ2v) is 14.4. The molecule has 10 heteroatoms. The van der Waals surface area contributed by atoms with E-state index in [-0.39, 0.29) is 35.9 Å². The Kier molecular flexibility index (Phi) is 9.29. The predicted octanol–water partition coefficient (Wildman–Crippen LogP) is 5.46. The molecule has 0 aromatic heterocycles. The summed E-state index contributed by atoms with van der Waals surface area (Å²) in [6.45, 7) is 0.434. The molecule has 2 atom stereocenters. The van der Waals surface area contributed by atoms with Gasteiger partial charge in [-0.05, 0) is 98.8 Å². The number of amides is 2. The summed E-state index contributed by atoms with van der Waals surface area (Å²) in [5, 5.41) is 2.34. The maximum atomic E-state index is 14.4. The topological polar surface area (TPSA) is 124 Å². The minimum Gasteiger partial charge on any atom is -0.465 e. The van der Waals surface area contributed by atoms with Gasteiger partial charge in [0.25, 0.3) is 11.8 Å². The van der Waals surface area contributed by atoms with Gasteiger partial charge in [-0.2, -0.15) is 0 Å². The largest absolute Gasteiger partial charge is 0.465 e. The number of methoxy groups -OCH3 is 1. The van der Waals surface area contributed by atoms with Crippen LogP contribution in [-0.4, -0.2) is 65.1 Å². The average Bonchev–Trinajstić information content (AvgIpc) is 3.47. The highest BCUT2D eigenvalue weighted by Crippen LogP contribution is 2.57. The molecule has 0 saturated heterocycles. The third-order valence-corrected chi connectivity index (χ3v) is 11.2. The fourth-order valence-electron chi connectivity index (χ4n) is 9.29. The second kappa shape index (κ2) is 13.6. The Morgan fingerprint density at radius 2 is 1.55 bits per heavy atom. The van der Waals surface area contributed by atoms with Crippen LogP contribution in [0.15, 0.2) is 59.6 Å². The molecule has 0 spiro atoms. The molecule has 250 valence electrons. The molecule has 5 saturated carbocycles. The molecule has 2 aromatic rings. The van der Waals surface area contributed by atoms with Gasteiger partial charge in [0.15, 0.2) is 6.04 Å². The first kappa shape index (κ1) is 32.1. The van der Waals surface area contributed by atoms with E-state index in [2.05, 4.69) is 0 Å². The van der Waals surface area contributed by atoms with Crippen molar-refractivity contribution in [3.05, 3.63) is 71.3 Å². The molecule has 2 aromatic carbocycles. The van der Waals surface area contributed by atoms with Gasteiger partial charge in [-0.1, -0.05) is 55.7 Å². The molecule has 47 heavy (non-hydrogen) atoms. The number of hydrogen-bond acceptors (Lipinski definition) is 9. The van der Waals surface area contributed by atoms with Crippen LogP contribution < -0.4 is 5.84 Å². The lowest BCUT2D eigenvalue weighted by Crippen LogP contribution is -2.57. The van der Waals surface area contributed by atoms with Gasteiger partial charge in [-0.3, -0.25) is 19.4 Å². The molecule has 4 bridgehead atoms. The Labute approximate surface area is 276 Å². The molecular formula is C37H46N4O6. The molecule has 5 aliphatic carbocycles. The van der Waals surface area contributed by atoms with Crippen molar-refractivity contribution in [2.45, 2.75) is 95.0 Å². The second-order valence-electron chi connectivity index (χ2n) is 14.4. The third-order valence-electron chi connectivity index (χ3n) is 11.2. The Balaban J connectivity index is 1.18. The van der Waals surface area contributed by atoms with Gasteiger partial charge in [0.1, 0.15) is 6.17 Å². The first-order valence-corrected chi connectivity index (χ1v) is 17.3. The summed E-state index contributed by atoms with van der Waals surface area (Å²) < 4.78 is 11.7. The maximum absolute atomic E-state index is 14.4. The van der Waals surface area contributed by atoms with Gasteiger partial charge >= 0.3 is 5.97 Å². The molecule has 6 aliphatic rings. The van der Waals surface area contributed by atoms with Gasteiger partial charge in [0.05, 0.1) is 37.2 Å². The highest BCUT2D eigenvalue weighted by Gasteiger charge is 2.53. The summed E-state index contributed by atoms with van der Waals surface area (Å²) in [7, 11) is 1.27. The number of nitrogens with zero attached hydrogens (tertiary/aromatic N) is 3. The molecule has 0 radical (unpaired) electrons. The number of nitrogens with two attached hydrogens (primary N) is 1. The van der Waals surface area contributed by atoms with E-state index in [0.29, 0.717) is 28.5 Å². The van der Waals surface area contributed by atoms with Crippen molar-refractivity contribution >= 4 is 23.5 Å². The van der Waals surface area contributed by atoms with Crippen molar-refractivity contribution in [2.24, 2.45) is 34.5 Å². The van der Waals surface area contributed by atoms with Crippen molar-refractivity contribution in [2.75, 3.05) is 13.7 Å². The molecule has 5 fully saturated rings. The smallest absolute Gasteiger partial charge is 0.337 e.